The van der Waals surface area contributed by atoms with Crippen LogP contribution in [-0.4, -0.2) is 49.4 Å². The smallest absolute Gasteiger partial charge is 0.375 e. The molecular weight excluding hydrogens is 501 g/mol. The molecule has 1 aliphatic rings. The normalized spacial score (nSPS) is 18.3. The quantitative estimate of drug-likeness (QED) is 0.400. The number of benzene rings is 1. The van der Waals surface area contributed by atoms with Crippen LogP contribution in [0.3, 0.4) is 0 Å². The summed E-state index contributed by atoms with van der Waals surface area (Å²) in [4.78, 5) is 30.5. The number of halogens is 3. The second-order valence-electron chi connectivity index (χ2n) is 7.88. The van der Waals surface area contributed by atoms with E-state index in [0.717, 1.165) is 22.3 Å². The van der Waals surface area contributed by atoms with Gasteiger partial charge < -0.3 is 15.3 Å². The molecule has 35 heavy (non-hydrogen) atoms. The molecule has 0 aliphatic carbocycles. The molecule has 4 heterocycles. The van der Waals surface area contributed by atoms with Crippen molar-refractivity contribution >= 4 is 39.7 Å². The average molecular weight is 519 g/mol. The lowest BCUT2D eigenvalue weighted by Crippen LogP contribution is -2.36. The molecule has 2 N–H and O–H groups in total. The lowest BCUT2D eigenvalue weighted by atomic mass is 9.91. The molecule has 1 atom stereocenters. The molecule has 0 saturated carbocycles. The first kappa shape index (κ1) is 23.3. The van der Waals surface area contributed by atoms with E-state index in [0.29, 0.717) is 34.9 Å². The number of thiazole rings is 2. The minimum absolute atomic E-state index is 0.0234. The summed E-state index contributed by atoms with van der Waals surface area (Å²) in [5.74, 6) is -0.244. The van der Waals surface area contributed by atoms with Crippen LogP contribution in [0.25, 0.3) is 22.0 Å². The topological polar surface area (TPSA) is 104 Å². The summed E-state index contributed by atoms with van der Waals surface area (Å²) < 4.78 is 38.3. The molecular formula is C22H17F3N6O2S2. The van der Waals surface area contributed by atoms with E-state index in [1.165, 1.54) is 22.4 Å². The first-order chi connectivity index (χ1) is 16.6. The van der Waals surface area contributed by atoms with E-state index >= 15 is 0 Å². The van der Waals surface area contributed by atoms with Gasteiger partial charge in [0.1, 0.15) is 10.7 Å². The number of anilines is 2. The highest BCUT2D eigenvalue weighted by molar-refractivity contribution is 7.14. The van der Waals surface area contributed by atoms with E-state index in [1.54, 1.807) is 36.7 Å². The van der Waals surface area contributed by atoms with Gasteiger partial charge in [0.25, 0.3) is 5.91 Å². The fourth-order valence-electron chi connectivity index (χ4n) is 3.67. The van der Waals surface area contributed by atoms with Crippen molar-refractivity contribution in [2.24, 2.45) is 0 Å². The standard InChI is InChI=1S/C22H17F3N6O2S2/c1-31-8-6-21(33,18(31)32)13-4-2-3-12(9-13)17-27-15(10-34-17)14-5-7-26-19(28-14)30-20-29-16(11-35-20)22(23,24)25/h2-5,7,9-11,33H,6,8H2,1H3,(H,26,28,29,30)/t21-/m1/s1. The van der Waals surface area contributed by atoms with E-state index < -0.39 is 17.5 Å². The van der Waals surface area contributed by atoms with Crippen molar-refractivity contribution in [1.82, 2.24) is 24.8 Å². The van der Waals surface area contributed by atoms with Gasteiger partial charge in [-0.1, -0.05) is 18.2 Å². The number of nitrogens with zero attached hydrogens (tertiary/aromatic N) is 5. The van der Waals surface area contributed by atoms with Crippen molar-refractivity contribution in [3.63, 3.8) is 0 Å². The predicted molar refractivity (Wildman–Crippen MR) is 125 cm³/mol. The summed E-state index contributed by atoms with van der Waals surface area (Å²) in [6.45, 7) is 0.476. The lowest BCUT2D eigenvalue weighted by molar-refractivity contribution is -0.143. The second-order valence-corrected chi connectivity index (χ2v) is 9.60. The Labute approximate surface area is 205 Å². The van der Waals surface area contributed by atoms with Crippen molar-refractivity contribution in [2.75, 3.05) is 18.9 Å². The first-order valence-electron chi connectivity index (χ1n) is 10.3. The van der Waals surface area contributed by atoms with Crippen molar-refractivity contribution in [2.45, 2.75) is 18.2 Å². The highest BCUT2D eigenvalue weighted by atomic mass is 32.1. The number of nitrogens with one attached hydrogen (secondary N) is 1. The Morgan fingerprint density at radius 2 is 1.94 bits per heavy atom. The Balaban J connectivity index is 1.38. The number of carbonyl (C=O) groups excluding carboxylic acids is 1. The molecule has 0 spiro atoms. The molecule has 3 aromatic heterocycles. The number of carbonyl (C=O) groups is 1. The number of aromatic nitrogens is 4. The zero-order valence-electron chi connectivity index (χ0n) is 18.1. The molecule has 1 fully saturated rings. The van der Waals surface area contributed by atoms with Crippen molar-refractivity contribution in [3.8, 4) is 22.0 Å². The summed E-state index contributed by atoms with van der Waals surface area (Å²) in [6, 6.07) is 8.73. The van der Waals surface area contributed by atoms with E-state index in [9.17, 15) is 23.1 Å². The SMILES string of the molecule is CN1CC[C@@](O)(c2cccc(-c3nc(-c4ccnc(Nc5nc(C(F)(F)F)cs5)n4)cs3)c2)C1=O. The molecule has 1 saturated heterocycles. The first-order valence-corrected chi connectivity index (χ1v) is 12.1. The molecule has 180 valence electrons. The van der Waals surface area contributed by atoms with Crippen LogP contribution in [0, 0.1) is 0 Å². The number of hydrogen-bond acceptors (Lipinski definition) is 9. The van der Waals surface area contributed by atoms with Crippen LogP contribution in [0.2, 0.25) is 0 Å². The largest absolute Gasteiger partial charge is 0.434 e. The summed E-state index contributed by atoms with van der Waals surface area (Å²) in [6.07, 6.45) is -2.74. The number of amides is 1. The minimum Gasteiger partial charge on any atom is -0.375 e. The molecule has 1 aromatic carbocycles. The number of aliphatic hydroxyl groups is 1. The zero-order chi connectivity index (χ0) is 24.8. The summed E-state index contributed by atoms with van der Waals surface area (Å²) in [5.41, 5.74) is -0.268. The predicted octanol–water partition coefficient (Wildman–Crippen LogP) is 4.54. The zero-order valence-corrected chi connectivity index (χ0v) is 19.7. The van der Waals surface area contributed by atoms with Crippen molar-refractivity contribution in [1.29, 1.82) is 0 Å². The number of alkyl halides is 3. The van der Waals surface area contributed by atoms with Crippen LogP contribution in [0.1, 0.15) is 17.7 Å². The maximum Gasteiger partial charge on any atom is 0.434 e. The van der Waals surface area contributed by atoms with Crippen LogP contribution in [0.15, 0.2) is 47.3 Å². The Hall–Kier alpha value is -3.42. The number of hydrogen-bond donors (Lipinski definition) is 2. The van der Waals surface area contributed by atoms with Gasteiger partial charge >= 0.3 is 6.18 Å². The van der Waals surface area contributed by atoms with Crippen LogP contribution < -0.4 is 5.32 Å². The van der Waals surface area contributed by atoms with Crippen molar-refractivity contribution in [3.05, 3.63) is 58.5 Å². The summed E-state index contributed by atoms with van der Waals surface area (Å²) >= 11 is 2.16. The van der Waals surface area contributed by atoms with E-state index in [4.69, 9.17) is 0 Å². The number of likely N-dealkylation sites (tertiary alicyclic amines) is 1. The molecule has 13 heteroatoms. The van der Waals surface area contributed by atoms with Gasteiger partial charge in [0.2, 0.25) is 5.95 Å². The Morgan fingerprint density at radius 1 is 1.11 bits per heavy atom. The number of rotatable bonds is 5. The van der Waals surface area contributed by atoms with Crippen LogP contribution >= 0.6 is 22.7 Å². The lowest BCUT2D eigenvalue weighted by Gasteiger charge is -2.21. The van der Waals surface area contributed by atoms with Gasteiger partial charge in [0, 0.05) is 42.5 Å². The maximum absolute atomic E-state index is 12.8. The molecule has 1 amide bonds. The van der Waals surface area contributed by atoms with Gasteiger partial charge in [-0.15, -0.1) is 22.7 Å². The second kappa shape index (κ2) is 8.66. The molecule has 4 aromatic rings. The summed E-state index contributed by atoms with van der Waals surface area (Å²) in [7, 11) is 1.66. The molecule has 5 rings (SSSR count). The molecule has 0 unspecified atom stereocenters. The Morgan fingerprint density at radius 3 is 2.66 bits per heavy atom. The van der Waals surface area contributed by atoms with E-state index in [2.05, 4.69) is 25.3 Å². The van der Waals surface area contributed by atoms with Crippen molar-refractivity contribution < 1.29 is 23.1 Å². The van der Waals surface area contributed by atoms with Gasteiger partial charge in [0.15, 0.2) is 16.4 Å². The van der Waals surface area contributed by atoms with Crippen LogP contribution in [-0.2, 0) is 16.6 Å². The third kappa shape index (κ3) is 4.49. The molecule has 8 nitrogen and oxygen atoms in total. The Bertz CT molecular complexity index is 1410. The maximum atomic E-state index is 12.8. The highest BCUT2D eigenvalue weighted by Gasteiger charge is 2.45. The fraction of sp³-hybridized carbons (Fsp3) is 0.227. The monoisotopic (exact) mass is 518 g/mol. The fourth-order valence-corrected chi connectivity index (χ4v) is 5.20. The molecule has 0 radical (unpaired) electrons. The summed E-state index contributed by atoms with van der Waals surface area (Å²) in [5, 5.41) is 17.0. The van der Waals surface area contributed by atoms with Gasteiger partial charge in [-0.05, 0) is 17.7 Å². The number of likely N-dealkylation sites (N-methyl/N-ethyl adjacent to an activating group) is 1. The van der Waals surface area contributed by atoms with Gasteiger partial charge in [0.05, 0.1) is 5.69 Å². The molecule has 0 bridgehead atoms. The average Bonchev–Trinajstić information content (AvgIpc) is 3.57. The van der Waals surface area contributed by atoms with Gasteiger partial charge in [-0.3, -0.25) is 4.79 Å². The third-order valence-corrected chi connectivity index (χ3v) is 7.18. The van der Waals surface area contributed by atoms with E-state index in [-0.39, 0.29) is 17.0 Å². The van der Waals surface area contributed by atoms with Crippen LogP contribution in [0.4, 0.5) is 24.3 Å². The van der Waals surface area contributed by atoms with E-state index in [1.807, 2.05) is 6.07 Å². The van der Waals surface area contributed by atoms with Crippen LogP contribution in [0.5, 0.6) is 0 Å². The van der Waals surface area contributed by atoms with Gasteiger partial charge in [-0.25, -0.2) is 19.9 Å². The van der Waals surface area contributed by atoms with Gasteiger partial charge in [-0.2, -0.15) is 13.2 Å². The Kier molecular flexibility index (Phi) is 5.77. The third-order valence-electron chi connectivity index (χ3n) is 5.53. The molecule has 1 aliphatic heterocycles. The minimum atomic E-state index is -4.52. The highest BCUT2D eigenvalue weighted by Crippen LogP contribution is 2.36.